The molecule has 0 spiro atoms. The molecular weight excluding hydrogens is 535 g/mol. The minimum absolute atomic E-state index is 0.172. The van der Waals surface area contributed by atoms with Gasteiger partial charge in [-0.25, -0.2) is 13.4 Å². The number of nitrogens with zero attached hydrogens (tertiary/aromatic N) is 3. The molecule has 1 N–H and O–H groups in total. The Labute approximate surface area is 202 Å². The van der Waals surface area contributed by atoms with Crippen LogP contribution in [-0.2, 0) is 19.4 Å². The summed E-state index contributed by atoms with van der Waals surface area (Å²) in [5.41, 5.74) is 0.565. The second-order valence-electron chi connectivity index (χ2n) is 8.41. The van der Waals surface area contributed by atoms with Crippen molar-refractivity contribution in [1.82, 2.24) is 14.8 Å². The molecule has 2 aliphatic rings. The van der Waals surface area contributed by atoms with E-state index in [1.54, 1.807) is 16.8 Å². The van der Waals surface area contributed by atoms with Crippen molar-refractivity contribution in [3.63, 3.8) is 0 Å². The summed E-state index contributed by atoms with van der Waals surface area (Å²) in [5, 5.41) is 6.97. The maximum Gasteiger partial charge on any atom is 0.251 e. The van der Waals surface area contributed by atoms with E-state index in [4.69, 9.17) is 4.74 Å². The summed E-state index contributed by atoms with van der Waals surface area (Å²) in [6, 6.07) is 2.75. The van der Waals surface area contributed by atoms with E-state index in [9.17, 15) is 17.6 Å². The lowest BCUT2D eigenvalue weighted by Gasteiger charge is -2.26. The van der Waals surface area contributed by atoms with E-state index in [1.807, 2.05) is 0 Å². The second-order valence-corrected chi connectivity index (χ2v) is 12.4. The highest BCUT2D eigenvalue weighted by molar-refractivity contribution is 9.10. The molecule has 1 aromatic carbocycles. The number of anilines is 1. The van der Waals surface area contributed by atoms with E-state index < -0.39 is 21.0 Å². The molecule has 8 nitrogen and oxygen atoms in total. The number of carbonyl (C=O) groups is 1. The minimum Gasteiger partial charge on any atom is -0.381 e. The van der Waals surface area contributed by atoms with E-state index in [0.29, 0.717) is 47.9 Å². The summed E-state index contributed by atoms with van der Waals surface area (Å²) in [5.74, 6) is -0.123. The summed E-state index contributed by atoms with van der Waals surface area (Å²) in [6.07, 6.45) is 6.02. The van der Waals surface area contributed by atoms with Gasteiger partial charge in [0.05, 0.1) is 28.1 Å². The van der Waals surface area contributed by atoms with Crippen molar-refractivity contribution in [2.24, 2.45) is 5.92 Å². The first-order chi connectivity index (χ1) is 15.8. The van der Waals surface area contributed by atoms with Crippen LogP contribution in [0.1, 0.15) is 38.1 Å². The standard InChI is InChI=1S/C21H22BrFN4O4S2/c22-15-3-4-16-14(19(15)33(29,30)13-1-2-13)10-25-27(16)17(9-12-5-7-31-8-6-12)20(28)26-21-24-11-18(23)32-21/h3-4,10-13,17H,1-2,5-9H2,(H,24,26,28). The molecule has 1 saturated heterocycles. The number of hydrogen-bond donors (Lipinski definition) is 1. The lowest BCUT2D eigenvalue weighted by atomic mass is 9.92. The van der Waals surface area contributed by atoms with Crippen LogP contribution in [0.4, 0.5) is 9.52 Å². The Hall–Kier alpha value is -1.89. The molecule has 176 valence electrons. The van der Waals surface area contributed by atoms with Crippen LogP contribution in [-0.4, -0.2) is 47.6 Å². The van der Waals surface area contributed by atoms with Crippen LogP contribution in [0.3, 0.4) is 0 Å². The second kappa shape index (κ2) is 9.05. The van der Waals surface area contributed by atoms with E-state index in [2.05, 4.69) is 31.3 Å². The molecule has 1 aliphatic heterocycles. The predicted octanol–water partition coefficient (Wildman–Crippen LogP) is 4.33. The molecule has 1 unspecified atom stereocenters. The number of carbonyl (C=O) groups excluding carboxylic acids is 1. The SMILES string of the molecule is O=C(Nc1ncc(F)s1)C(CC1CCOCC1)n1ncc2c(S(=O)(=O)C3CC3)c(Br)ccc21. The molecule has 12 heteroatoms. The smallest absolute Gasteiger partial charge is 0.251 e. The lowest BCUT2D eigenvalue weighted by Crippen LogP contribution is -2.30. The maximum atomic E-state index is 13.4. The van der Waals surface area contributed by atoms with Crippen molar-refractivity contribution < 1.29 is 22.3 Å². The van der Waals surface area contributed by atoms with E-state index in [-0.39, 0.29) is 27.1 Å². The molecule has 3 aromatic rings. The van der Waals surface area contributed by atoms with Crippen molar-refractivity contribution in [2.75, 3.05) is 18.5 Å². The third-order valence-corrected chi connectivity index (χ3v) is 10.1. The van der Waals surface area contributed by atoms with Gasteiger partial charge in [0.2, 0.25) is 0 Å². The average molecular weight is 557 g/mol. The summed E-state index contributed by atoms with van der Waals surface area (Å²) >= 11 is 4.15. The van der Waals surface area contributed by atoms with Crippen molar-refractivity contribution >= 4 is 59.0 Å². The minimum atomic E-state index is -3.50. The fourth-order valence-corrected chi connectivity index (χ4v) is 7.73. The number of halogens is 2. The number of sulfone groups is 1. The number of rotatable bonds is 7. The van der Waals surface area contributed by atoms with Crippen LogP contribution in [0.25, 0.3) is 10.9 Å². The van der Waals surface area contributed by atoms with Gasteiger partial charge in [0, 0.05) is 23.1 Å². The first-order valence-electron chi connectivity index (χ1n) is 10.7. The zero-order valence-corrected chi connectivity index (χ0v) is 20.8. The normalized spacial score (nSPS) is 18.5. The highest BCUT2D eigenvalue weighted by atomic mass is 79.9. The molecule has 0 bridgehead atoms. The van der Waals surface area contributed by atoms with Crippen LogP contribution in [0.5, 0.6) is 0 Å². The molecule has 0 radical (unpaired) electrons. The number of fused-ring (bicyclic) bond motifs is 1. The Morgan fingerprint density at radius 2 is 2.03 bits per heavy atom. The summed E-state index contributed by atoms with van der Waals surface area (Å²) in [4.78, 5) is 17.4. The third kappa shape index (κ3) is 4.58. The number of nitrogens with one attached hydrogen (secondary N) is 1. The fraction of sp³-hybridized carbons (Fsp3) is 0.476. The fourth-order valence-electron chi connectivity index (χ4n) is 4.27. The number of amides is 1. The zero-order valence-electron chi connectivity index (χ0n) is 17.5. The van der Waals surface area contributed by atoms with Crippen LogP contribution in [0, 0.1) is 11.0 Å². The molecule has 5 rings (SSSR count). The van der Waals surface area contributed by atoms with Gasteiger partial charge in [-0.05, 0) is 66.1 Å². The number of ether oxygens (including phenoxy) is 1. The molecule has 1 saturated carbocycles. The Balaban J connectivity index is 1.55. The van der Waals surface area contributed by atoms with Crippen molar-refractivity contribution in [2.45, 2.75) is 48.3 Å². The number of benzene rings is 1. The Morgan fingerprint density at radius 1 is 1.27 bits per heavy atom. The molecule has 1 atom stereocenters. The number of aromatic nitrogens is 3. The summed E-state index contributed by atoms with van der Waals surface area (Å²) in [6.45, 7) is 1.26. The zero-order chi connectivity index (χ0) is 23.2. The molecule has 3 heterocycles. The molecular formula is C21H22BrFN4O4S2. The van der Waals surface area contributed by atoms with Gasteiger partial charge in [-0.3, -0.25) is 9.48 Å². The molecule has 2 aromatic heterocycles. The maximum absolute atomic E-state index is 13.4. The Bertz CT molecular complexity index is 1300. The van der Waals surface area contributed by atoms with Crippen LogP contribution < -0.4 is 5.32 Å². The van der Waals surface area contributed by atoms with E-state index in [1.165, 1.54) is 6.20 Å². The Morgan fingerprint density at radius 3 is 2.70 bits per heavy atom. The van der Waals surface area contributed by atoms with Crippen molar-refractivity contribution in [1.29, 1.82) is 0 Å². The van der Waals surface area contributed by atoms with E-state index in [0.717, 1.165) is 30.4 Å². The average Bonchev–Trinajstić information content (AvgIpc) is 3.47. The van der Waals surface area contributed by atoms with Gasteiger partial charge in [-0.2, -0.15) is 9.49 Å². The van der Waals surface area contributed by atoms with Gasteiger partial charge >= 0.3 is 0 Å². The highest BCUT2D eigenvalue weighted by Gasteiger charge is 2.40. The van der Waals surface area contributed by atoms with Crippen LogP contribution in [0.15, 0.2) is 33.9 Å². The monoisotopic (exact) mass is 556 g/mol. The molecule has 2 fully saturated rings. The topological polar surface area (TPSA) is 103 Å². The van der Waals surface area contributed by atoms with E-state index >= 15 is 0 Å². The molecule has 1 aliphatic carbocycles. The van der Waals surface area contributed by atoms with Crippen LogP contribution in [0.2, 0.25) is 0 Å². The number of thiazole rings is 1. The summed E-state index contributed by atoms with van der Waals surface area (Å²) < 4.78 is 47.1. The summed E-state index contributed by atoms with van der Waals surface area (Å²) in [7, 11) is -3.50. The highest BCUT2D eigenvalue weighted by Crippen LogP contribution is 2.41. The third-order valence-electron chi connectivity index (χ3n) is 6.13. The van der Waals surface area contributed by atoms with Gasteiger partial charge < -0.3 is 10.1 Å². The van der Waals surface area contributed by atoms with Gasteiger partial charge in [0.25, 0.3) is 5.91 Å². The first-order valence-corrected chi connectivity index (χ1v) is 13.9. The predicted molar refractivity (Wildman–Crippen MR) is 126 cm³/mol. The van der Waals surface area contributed by atoms with Gasteiger partial charge in [0.1, 0.15) is 6.04 Å². The number of hydrogen-bond acceptors (Lipinski definition) is 7. The van der Waals surface area contributed by atoms with Gasteiger partial charge in [-0.15, -0.1) is 0 Å². The first kappa shape index (κ1) is 22.9. The van der Waals surface area contributed by atoms with Crippen molar-refractivity contribution in [3.8, 4) is 0 Å². The van der Waals surface area contributed by atoms with Crippen LogP contribution >= 0.6 is 27.3 Å². The lowest BCUT2D eigenvalue weighted by molar-refractivity contribution is -0.120. The Kier molecular flexibility index (Phi) is 6.27. The largest absolute Gasteiger partial charge is 0.381 e. The van der Waals surface area contributed by atoms with Gasteiger partial charge in [-0.1, -0.05) is 11.3 Å². The molecule has 1 amide bonds. The quantitative estimate of drug-likeness (QED) is 0.464. The molecule has 33 heavy (non-hydrogen) atoms. The van der Waals surface area contributed by atoms with Crippen molar-refractivity contribution in [3.05, 3.63) is 34.1 Å². The van der Waals surface area contributed by atoms with Gasteiger partial charge in [0.15, 0.2) is 20.1 Å².